The lowest BCUT2D eigenvalue weighted by Crippen LogP contribution is -2.11. The quantitative estimate of drug-likeness (QED) is 0.689. The van der Waals surface area contributed by atoms with Crippen LogP contribution in [0.15, 0.2) is 23.6 Å². The maximum atomic E-state index is 12.5. The third-order valence-corrected chi connectivity index (χ3v) is 5.17. The molecule has 1 unspecified atom stereocenters. The zero-order chi connectivity index (χ0) is 14.9. The van der Waals surface area contributed by atoms with E-state index < -0.39 is 5.92 Å². The molecule has 0 aliphatic carbocycles. The van der Waals surface area contributed by atoms with Crippen LogP contribution in [0.4, 0.5) is 0 Å². The van der Waals surface area contributed by atoms with Crippen LogP contribution in [-0.4, -0.2) is 5.78 Å². The normalized spacial score (nSPS) is 11.9. The number of carbonyl (C=O) groups excluding carboxylic acids is 1. The Kier molecular flexibility index (Phi) is 4.72. The first kappa shape index (κ1) is 15.3. The zero-order valence-electron chi connectivity index (χ0n) is 10.3. The summed E-state index contributed by atoms with van der Waals surface area (Å²) in [4.78, 5) is 12.9. The van der Waals surface area contributed by atoms with Crippen molar-refractivity contribution < 1.29 is 4.79 Å². The van der Waals surface area contributed by atoms with E-state index >= 15 is 0 Å². The van der Waals surface area contributed by atoms with Gasteiger partial charge < -0.3 is 0 Å². The van der Waals surface area contributed by atoms with Gasteiger partial charge in [-0.05, 0) is 30.0 Å². The van der Waals surface area contributed by atoms with Gasteiger partial charge in [0.25, 0.3) is 0 Å². The Labute approximate surface area is 135 Å². The molecule has 2 rings (SSSR count). The van der Waals surface area contributed by atoms with Crippen molar-refractivity contribution in [3.8, 4) is 6.07 Å². The number of ketones is 1. The molecular formula is C14H8Cl3NOS. The number of thiophene rings is 1. The van der Waals surface area contributed by atoms with Gasteiger partial charge in [-0.15, -0.1) is 11.3 Å². The third kappa shape index (κ3) is 2.70. The van der Waals surface area contributed by atoms with Gasteiger partial charge in [-0.3, -0.25) is 4.79 Å². The largest absolute Gasteiger partial charge is 0.291 e. The van der Waals surface area contributed by atoms with Gasteiger partial charge in [0.15, 0.2) is 5.78 Å². The summed E-state index contributed by atoms with van der Waals surface area (Å²) >= 11 is 19.4. The van der Waals surface area contributed by atoms with E-state index in [1.165, 1.54) is 11.3 Å². The number of Topliss-reactive ketones (excluding diaryl/α,β-unsaturated/α-hetero) is 1. The van der Waals surface area contributed by atoms with E-state index in [0.717, 1.165) is 5.56 Å². The molecular weight excluding hydrogens is 337 g/mol. The molecule has 0 bridgehead atoms. The fourth-order valence-corrected chi connectivity index (χ4v) is 3.64. The first-order valence-electron chi connectivity index (χ1n) is 5.58. The Bertz CT molecular complexity index is 697. The van der Waals surface area contributed by atoms with Crippen molar-refractivity contribution >= 4 is 51.9 Å². The standard InChI is InChI=1S/C14H8Cl3NOS/c1-7-6-20-14(12(7)17)13(19)8(5-18)11-9(15)3-2-4-10(11)16/h2-4,6,8H,1H3. The molecule has 0 aliphatic heterocycles. The molecule has 1 aromatic heterocycles. The van der Waals surface area contributed by atoms with Crippen LogP contribution in [-0.2, 0) is 0 Å². The molecule has 0 saturated heterocycles. The third-order valence-electron chi connectivity index (χ3n) is 2.80. The van der Waals surface area contributed by atoms with E-state index in [1.54, 1.807) is 30.5 Å². The molecule has 102 valence electrons. The van der Waals surface area contributed by atoms with Gasteiger partial charge in [0.1, 0.15) is 5.92 Å². The minimum atomic E-state index is -1.06. The van der Waals surface area contributed by atoms with Crippen molar-refractivity contribution in [3.05, 3.63) is 54.7 Å². The van der Waals surface area contributed by atoms with E-state index in [-0.39, 0.29) is 5.78 Å². The van der Waals surface area contributed by atoms with Gasteiger partial charge in [-0.1, -0.05) is 40.9 Å². The van der Waals surface area contributed by atoms with Gasteiger partial charge in [0.05, 0.1) is 16.0 Å². The monoisotopic (exact) mass is 343 g/mol. The van der Waals surface area contributed by atoms with E-state index in [0.29, 0.717) is 25.5 Å². The summed E-state index contributed by atoms with van der Waals surface area (Å²) in [6.45, 7) is 1.81. The Balaban J connectivity index is 2.52. The average Bonchev–Trinajstić information content (AvgIpc) is 2.74. The van der Waals surface area contributed by atoms with Crippen molar-refractivity contribution in [1.82, 2.24) is 0 Å². The van der Waals surface area contributed by atoms with Crippen LogP contribution in [0.3, 0.4) is 0 Å². The molecule has 1 heterocycles. The number of benzene rings is 1. The van der Waals surface area contributed by atoms with E-state index in [9.17, 15) is 10.1 Å². The molecule has 20 heavy (non-hydrogen) atoms. The fraction of sp³-hybridized carbons (Fsp3) is 0.143. The summed E-state index contributed by atoms with van der Waals surface area (Å²) in [7, 11) is 0. The number of aryl methyl sites for hydroxylation is 1. The number of hydrogen-bond donors (Lipinski definition) is 0. The Morgan fingerprint density at radius 1 is 1.30 bits per heavy atom. The molecule has 0 N–H and O–H groups in total. The predicted octanol–water partition coefficient (Wildman–Crippen LogP) is 5.51. The lowest BCUT2D eigenvalue weighted by atomic mass is 9.95. The molecule has 1 aromatic carbocycles. The highest BCUT2D eigenvalue weighted by atomic mass is 35.5. The van der Waals surface area contributed by atoms with Gasteiger partial charge in [0, 0.05) is 15.6 Å². The highest BCUT2D eigenvalue weighted by Gasteiger charge is 2.29. The Morgan fingerprint density at radius 3 is 2.35 bits per heavy atom. The van der Waals surface area contributed by atoms with Gasteiger partial charge >= 0.3 is 0 Å². The maximum Gasteiger partial charge on any atom is 0.195 e. The average molecular weight is 345 g/mol. The summed E-state index contributed by atoms with van der Waals surface area (Å²) in [5, 5.41) is 12.1. The molecule has 0 amide bonds. The number of nitrogens with zero attached hydrogens (tertiary/aromatic N) is 1. The van der Waals surface area contributed by atoms with Crippen molar-refractivity contribution in [3.63, 3.8) is 0 Å². The summed E-state index contributed by atoms with van der Waals surface area (Å²) in [6, 6.07) is 6.82. The second-order valence-corrected chi connectivity index (χ2v) is 6.20. The molecule has 0 radical (unpaired) electrons. The van der Waals surface area contributed by atoms with Crippen LogP contribution in [0.1, 0.15) is 26.7 Å². The van der Waals surface area contributed by atoms with E-state index in [2.05, 4.69) is 0 Å². The lowest BCUT2D eigenvalue weighted by molar-refractivity contribution is 0.0983. The molecule has 0 fully saturated rings. The summed E-state index contributed by atoms with van der Waals surface area (Å²) in [5.74, 6) is -1.45. The molecule has 1 atom stereocenters. The number of hydrogen-bond acceptors (Lipinski definition) is 3. The van der Waals surface area contributed by atoms with Crippen LogP contribution >= 0.6 is 46.1 Å². The van der Waals surface area contributed by atoms with Crippen LogP contribution in [0.25, 0.3) is 0 Å². The number of carbonyl (C=O) groups is 1. The zero-order valence-corrected chi connectivity index (χ0v) is 13.4. The Morgan fingerprint density at radius 2 is 1.90 bits per heavy atom. The Hall–Kier alpha value is -1.05. The smallest absolute Gasteiger partial charge is 0.195 e. The maximum absolute atomic E-state index is 12.5. The molecule has 2 nitrogen and oxygen atoms in total. The minimum Gasteiger partial charge on any atom is -0.291 e. The first-order chi connectivity index (χ1) is 9.47. The number of halogens is 3. The summed E-state index contributed by atoms with van der Waals surface area (Å²) in [6.07, 6.45) is 0. The van der Waals surface area contributed by atoms with Crippen LogP contribution in [0.5, 0.6) is 0 Å². The topological polar surface area (TPSA) is 40.9 Å². The second kappa shape index (κ2) is 6.15. The van der Waals surface area contributed by atoms with Crippen molar-refractivity contribution in [2.45, 2.75) is 12.8 Å². The molecule has 2 aromatic rings. The van der Waals surface area contributed by atoms with Crippen LogP contribution in [0.2, 0.25) is 15.1 Å². The minimum absolute atomic E-state index is 0.293. The van der Waals surface area contributed by atoms with Crippen molar-refractivity contribution in [2.75, 3.05) is 0 Å². The van der Waals surface area contributed by atoms with E-state index in [1.807, 2.05) is 6.07 Å². The molecule has 0 spiro atoms. The lowest BCUT2D eigenvalue weighted by Gasteiger charge is -2.11. The van der Waals surface area contributed by atoms with Crippen LogP contribution in [0, 0.1) is 18.3 Å². The molecule has 0 saturated carbocycles. The predicted molar refractivity (Wildman–Crippen MR) is 83.2 cm³/mol. The highest BCUT2D eigenvalue weighted by molar-refractivity contribution is 7.13. The van der Waals surface area contributed by atoms with Gasteiger partial charge in [-0.25, -0.2) is 0 Å². The van der Waals surface area contributed by atoms with Crippen molar-refractivity contribution in [2.24, 2.45) is 0 Å². The molecule has 0 aliphatic rings. The summed E-state index contributed by atoms with van der Waals surface area (Å²) < 4.78 is 0. The fourth-order valence-electron chi connectivity index (χ4n) is 1.77. The number of nitriles is 1. The second-order valence-electron chi connectivity index (χ2n) is 4.12. The summed E-state index contributed by atoms with van der Waals surface area (Å²) in [5.41, 5.74) is 1.13. The number of rotatable bonds is 3. The van der Waals surface area contributed by atoms with Gasteiger partial charge in [0.2, 0.25) is 0 Å². The van der Waals surface area contributed by atoms with Crippen molar-refractivity contribution in [1.29, 1.82) is 5.26 Å². The highest BCUT2D eigenvalue weighted by Crippen LogP contribution is 2.36. The SMILES string of the molecule is Cc1csc(C(=O)C(C#N)c2c(Cl)cccc2Cl)c1Cl. The van der Waals surface area contributed by atoms with E-state index in [4.69, 9.17) is 34.8 Å². The van der Waals surface area contributed by atoms with Crippen LogP contribution < -0.4 is 0 Å². The van der Waals surface area contributed by atoms with Gasteiger partial charge in [-0.2, -0.15) is 5.26 Å². The molecule has 6 heteroatoms. The first-order valence-corrected chi connectivity index (χ1v) is 7.60.